The number of fused-ring (bicyclic) bond motifs is 1. The minimum atomic E-state index is -0.524. The summed E-state index contributed by atoms with van der Waals surface area (Å²) in [5.41, 5.74) is 4.88. The number of halogens is 1. The summed E-state index contributed by atoms with van der Waals surface area (Å²) in [7, 11) is 0. The second-order valence-corrected chi connectivity index (χ2v) is 15.9. The zero-order valence-electron chi connectivity index (χ0n) is 36.8. The molecule has 0 spiro atoms. The standard InChI is InChI=1S/C46H65ClN4O11/c1-34-32-42(50-40-13-11-39(47)12-14-40)41-33-38(10-15-43(41)51(34)35(2)52)36-6-8-37(9-7-36)44(53)48-16-18-55-20-22-57-24-26-59-28-30-61-31-29-60-27-25-58-23-21-56-19-17-49-45(54)62-46(3,4)5/h6-15,33-34,42,50H,16-32H2,1-5H3,(H,48,53)(H,49,54)/t34-,42+/m0/s1. The maximum absolute atomic E-state index is 12.8. The molecule has 0 fully saturated rings. The van der Waals surface area contributed by atoms with Gasteiger partial charge in [-0.05, 0) is 99.3 Å². The number of nitrogens with one attached hydrogen (secondary N) is 3. The number of nitrogens with zero attached hydrogens (tertiary/aromatic N) is 1. The number of amides is 3. The van der Waals surface area contributed by atoms with E-state index in [4.69, 9.17) is 49.5 Å². The summed E-state index contributed by atoms with van der Waals surface area (Å²) in [6.07, 6.45) is 0.288. The Morgan fingerprint density at radius 2 is 1.11 bits per heavy atom. The summed E-state index contributed by atoms with van der Waals surface area (Å²) < 4.78 is 43.7. The third-order valence-electron chi connectivity index (χ3n) is 9.36. The molecule has 0 aliphatic carbocycles. The number of rotatable bonds is 28. The first-order valence-electron chi connectivity index (χ1n) is 21.3. The summed E-state index contributed by atoms with van der Waals surface area (Å²) in [5.74, 6) is -0.171. The minimum absolute atomic E-state index is 0.00778. The Bertz CT molecular complexity index is 1780. The van der Waals surface area contributed by atoms with Gasteiger partial charge in [0.1, 0.15) is 5.60 Å². The van der Waals surface area contributed by atoms with Crippen LogP contribution in [0.25, 0.3) is 11.1 Å². The van der Waals surface area contributed by atoms with Gasteiger partial charge in [0.15, 0.2) is 0 Å². The number of benzene rings is 3. The number of hydrogen-bond acceptors (Lipinski definition) is 12. The average molecular weight is 885 g/mol. The molecular weight excluding hydrogens is 820 g/mol. The van der Waals surface area contributed by atoms with Crippen LogP contribution in [0.2, 0.25) is 5.02 Å². The molecule has 0 unspecified atom stereocenters. The van der Waals surface area contributed by atoms with Gasteiger partial charge in [-0.1, -0.05) is 29.8 Å². The molecule has 1 heterocycles. The van der Waals surface area contributed by atoms with Gasteiger partial charge in [0.05, 0.1) is 98.5 Å². The van der Waals surface area contributed by atoms with Crippen molar-refractivity contribution in [1.29, 1.82) is 0 Å². The van der Waals surface area contributed by atoms with Crippen molar-refractivity contribution in [2.75, 3.05) is 116 Å². The van der Waals surface area contributed by atoms with E-state index in [2.05, 4.69) is 28.9 Å². The fourth-order valence-electron chi connectivity index (χ4n) is 6.52. The third kappa shape index (κ3) is 19.0. The molecule has 15 nitrogen and oxygen atoms in total. The minimum Gasteiger partial charge on any atom is -0.444 e. The second-order valence-electron chi connectivity index (χ2n) is 15.5. The largest absolute Gasteiger partial charge is 0.444 e. The van der Waals surface area contributed by atoms with E-state index in [-0.39, 0.29) is 23.9 Å². The zero-order valence-corrected chi connectivity index (χ0v) is 37.6. The van der Waals surface area contributed by atoms with Gasteiger partial charge >= 0.3 is 6.09 Å². The number of alkyl carbamates (subject to hydrolysis) is 1. The first kappa shape index (κ1) is 50.3. The van der Waals surface area contributed by atoms with Crippen molar-refractivity contribution in [2.45, 2.75) is 58.7 Å². The fourth-order valence-corrected chi connectivity index (χ4v) is 6.65. The summed E-state index contributed by atoms with van der Waals surface area (Å²) in [5, 5.41) is 9.84. The van der Waals surface area contributed by atoms with Crippen LogP contribution in [-0.4, -0.2) is 135 Å². The highest BCUT2D eigenvalue weighted by molar-refractivity contribution is 6.30. The maximum Gasteiger partial charge on any atom is 0.407 e. The number of anilines is 2. The Morgan fingerprint density at radius 3 is 1.60 bits per heavy atom. The van der Waals surface area contributed by atoms with Crippen LogP contribution >= 0.6 is 11.6 Å². The summed E-state index contributed by atoms with van der Waals surface area (Å²) in [6, 6.07) is 21.3. The van der Waals surface area contributed by atoms with Crippen molar-refractivity contribution >= 4 is 40.9 Å². The zero-order chi connectivity index (χ0) is 44.6. The molecule has 2 atom stereocenters. The van der Waals surface area contributed by atoms with E-state index in [0.717, 1.165) is 34.5 Å². The lowest BCUT2D eigenvalue weighted by Crippen LogP contribution is -2.43. The molecule has 1 aliphatic heterocycles. The summed E-state index contributed by atoms with van der Waals surface area (Å²) in [4.78, 5) is 38.9. The molecule has 3 aromatic rings. The van der Waals surface area contributed by atoms with Gasteiger partial charge in [0.2, 0.25) is 5.91 Å². The van der Waals surface area contributed by atoms with E-state index in [1.807, 2.05) is 86.3 Å². The molecule has 0 aromatic heterocycles. The van der Waals surface area contributed by atoms with E-state index >= 15 is 0 Å². The van der Waals surface area contributed by atoms with Crippen molar-refractivity contribution in [3.8, 4) is 11.1 Å². The van der Waals surface area contributed by atoms with Crippen LogP contribution in [0.3, 0.4) is 0 Å². The molecular formula is C46H65ClN4O11. The van der Waals surface area contributed by atoms with Crippen molar-refractivity contribution in [2.24, 2.45) is 0 Å². The molecule has 4 rings (SSSR count). The monoisotopic (exact) mass is 884 g/mol. The Kier molecular flexibility index (Phi) is 22.5. The van der Waals surface area contributed by atoms with E-state index < -0.39 is 11.7 Å². The van der Waals surface area contributed by atoms with Crippen LogP contribution in [0.1, 0.15) is 63.0 Å². The molecule has 16 heteroatoms. The van der Waals surface area contributed by atoms with E-state index in [1.165, 1.54) is 0 Å². The van der Waals surface area contributed by atoms with Gasteiger partial charge in [-0.3, -0.25) is 9.59 Å². The quantitative estimate of drug-likeness (QED) is 0.0665. The molecule has 3 aromatic carbocycles. The summed E-state index contributed by atoms with van der Waals surface area (Å²) in [6.45, 7) is 15.9. The van der Waals surface area contributed by atoms with Gasteiger partial charge in [0.25, 0.3) is 5.91 Å². The second kappa shape index (κ2) is 27.7. The molecule has 0 radical (unpaired) electrons. The highest BCUT2D eigenvalue weighted by atomic mass is 35.5. The third-order valence-corrected chi connectivity index (χ3v) is 9.62. The van der Waals surface area contributed by atoms with Crippen LogP contribution in [-0.2, 0) is 42.7 Å². The first-order valence-corrected chi connectivity index (χ1v) is 21.6. The molecule has 0 bridgehead atoms. The van der Waals surface area contributed by atoms with Gasteiger partial charge in [-0.25, -0.2) is 4.79 Å². The van der Waals surface area contributed by atoms with E-state index in [0.29, 0.717) is 116 Å². The fraction of sp³-hybridized carbons (Fsp3) is 0.543. The number of carbonyl (C=O) groups is 3. The predicted octanol–water partition coefficient (Wildman–Crippen LogP) is 6.68. The highest BCUT2D eigenvalue weighted by Crippen LogP contribution is 2.41. The molecule has 0 saturated carbocycles. The van der Waals surface area contributed by atoms with Gasteiger partial charge in [-0.15, -0.1) is 0 Å². The van der Waals surface area contributed by atoms with Crippen LogP contribution in [0.5, 0.6) is 0 Å². The van der Waals surface area contributed by atoms with Crippen molar-refractivity contribution in [1.82, 2.24) is 10.6 Å². The first-order chi connectivity index (χ1) is 29.9. The van der Waals surface area contributed by atoms with Crippen molar-refractivity contribution < 1.29 is 52.3 Å². The molecule has 1 aliphatic rings. The van der Waals surface area contributed by atoms with Gasteiger partial charge in [-0.2, -0.15) is 0 Å². The van der Waals surface area contributed by atoms with Crippen molar-refractivity contribution in [3.05, 3.63) is 82.9 Å². The SMILES string of the molecule is CC(=O)N1c2ccc(-c3ccc(C(=O)NCCOCCOCCOCCOCCOCCOCCOCCNC(=O)OC(C)(C)C)cc3)cc2[C@H](Nc2ccc(Cl)cc2)C[C@@H]1C. The van der Waals surface area contributed by atoms with Crippen LogP contribution in [0.15, 0.2) is 66.7 Å². The Balaban J connectivity index is 0.972. The Labute approximate surface area is 371 Å². The smallest absolute Gasteiger partial charge is 0.407 e. The average Bonchev–Trinajstić information content (AvgIpc) is 3.23. The molecule has 62 heavy (non-hydrogen) atoms. The predicted molar refractivity (Wildman–Crippen MR) is 239 cm³/mol. The number of hydrogen-bond donors (Lipinski definition) is 3. The van der Waals surface area contributed by atoms with E-state index in [9.17, 15) is 14.4 Å². The lowest BCUT2D eigenvalue weighted by Gasteiger charge is -2.39. The normalized spacial score (nSPS) is 14.9. The van der Waals surface area contributed by atoms with Crippen LogP contribution in [0.4, 0.5) is 16.2 Å². The van der Waals surface area contributed by atoms with Crippen molar-refractivity contribution in [3.63, 3.8) is 0 Å². The van der Waals surface area contributed by atoms with Gasteiger partial charge < -0.3 is 58.7 Å². The van der Waals surface area contributed by atoms with Gasteiger partial charge in [0, 0.05) is 48.0 Å². The van der Waals surface area contributed by atoms with E-state index in [1.54, 1.807) is 6.92 Å². The number of ether oxygens (including phenoxy) is 8. The molecule has 3 amide bonds. The van der Waals surface area contributed by atoms with Crippen LogP contribution < -0.4 is 20.9 Å². The topological polar surface area (TPSA) is 164 Å². The van der Waals surface area contributed by atoms with Crippen LogP contribution in [0, 0.1) is 0 Å². The summed E-state index contributed by atoms with van der Waals surface area (Å²) >= 11 is 6.11. The Morgan fingerprint density at radius 1 is 0.645 bits per heavy atom. The molecule has 342 valence electrons. The molecule has 0 saturated heterocycles. The lowest BCUT2D eigenvalue weighted by atomic mass is 9.88. The molecule has 3 N–H and O–H groups in total. The Hall–Kier alpha value is -4.32. The lowest BCUT2D eigenvalue weighted by molar-refractivity contribution is -0.117. The number of carbonyl (C=O) groups excluding carboxylic acids is 3. The maximum atomic E-state index is 12.8. The highest BCUT2D eigenvalue weighted by Gasteiger charge is 2.32.